The van der Waals surface area contributed by atoms with Gasteiger partial charge in [0.25, 0.3) is 5.91 Å². The van der Waals surface area contributed by atoms with Gasteiger partial charge in [0.05, 0.1) is 11.7 Å². The van der Waals surface area contributed by atoms with Gasteiger partial charge in [0.2, 0.25) is 5.95 Å². The minimum Gasteiger partial charge on any atom is -0.353 e. The van der Waals surface area contributed by atoms with Gasteiger partial charge in [-0.25, -0.2) is 15.0 Å². The zero-order valence-electron chi connectivity index (χ0n) is 16.4. The second-order valence-electron chi connectivity index (χ2n) is 7.39. The summed E-state index contributed by atoms with van der Waals surface area (Å²) in [7, 11) is 1.88. The summed E-state index contributed by atoms with van der Waals surface area (Å²) in [5.41, 5.74) is 9.06. The van der Waals surface area contributed by atoms with Gasteiger partial charge in [-0.15, -0.1) is 0 Å². The molecule has 5 rings (SSSR count). The van der Waals surface area contributed by atoms with E-state index in [2.05, 4.69) is 25.4 Å². The summed E-state index contributed by atoms with van der Waals surface area (Å²) < 4.78 is 1.75. The number of carbonyl (C=O) groups excluding carboxylic acids is 1. The van der Waals surface area contributed by atoms with Crippen LogP contribution < -0.4 is 16.0 Å². The molecule has 4 aromatic rings. The second kappa shape index (κ2) is 7.20. The van der Waals surface area contributed by atoms with E-state index in [-0.39, 0.29) is 17.9 Å². The van der Waals surface area contributed by atoms with Crippen molar-refractivity contribution < 1.29 is 4.79 Å². The molecule has 30 heavy (non-hydrogen) atoms. The van der Waals surface area contributed by atoms with Crippen LogP contribution >= 0.6 is 0 Å². The maximum absolute atomic E-state index is 12.7. The van der Waals surface area contributed by atoms with Crippen LogP contribution in [0.15, 0.2) is 55.1 Å². The number of nitrogens with one attached hydrogen (secondary N) is 1. The molecule has 0 unspecified atom stereocenters. The average molecular weight is 400 g/mol. The number of aryl methyl sites for hydroxylation is 1. The molecule has 9 heteroatoms. The molecule has 0 spiro atoms. The molecule has 1 saturated heterocycles. The Morgan fingerprint density at radius 1 is 1.13 bits per heavy atom. The van der Waals surface area contributed by atoms with E-state index >= 15 is 0 Å². The largest absolute Gasteiger partial charge is 0.353 e. The van der Waals surface area contributed by atoms with Crippen molar-refractivity contribution in [1.82, 2.24) is 24.7 Å². The van der Waals surface area contributed by atoms with Gasteiger partial charge < -0.3 is 10.6 Å². The fourth-order valence-corrected chi connectivity index (χ4v) is 3.44. The quantitative estimate of drug-likeness (QED) is 0.537. The first kappa shape index (κ1) is 18.2. The van der Waals surface area contributed by atoms with Crippen molar-refractivity contribution in [2.45, 2.75) is 6.04 Å². The molecule has 1 aliphatic rings. The van der Waals surface area contributed by atoms with Crippen molar-refractivity contribution in [3.05, 3.63) is 60.7 Å². The lowest BCUT2D eigenvalue weighted by Crippen LogP contribution is -2.56. The Morgan fingerprint density at radius 2 is 2.00 bits per heavy atom. The molecular formula is C21H20N8O. The summed E-state index contributed by atoms with van der Waals surface area (Å²) in [4.78, 5) is 27.9. The molecule has 9 nitrogen and oxygen atoms in total. The third kappa shape index (κ3) is 3.46. The van der Waals surface area contributed by atoms with Crippen LogP contribution in [-0.4, -0.2) is 49.8 Å². The number of pyridine rings is 1. The molecular weight excluding hydrogens is 380 g/mol. The van der Waals surface area contributed by atoms with Gasteiger partial charge in [0.15, 0.2) is 0 Å². The lowest BCUT2D eigenvalue weighted by atomic mass is 10.1. The number of nitrogens with zero attached hydrogens (tertiary/aromatic N) is 6. The lowest BCUT2D eigenvalue weighted by molar-refractivity contribution is 0.102. The van der Waals surface area contributed by atoms with Crippen molar-refractivity contribution >= 4 is 28.6 Å². The smallest absolute Gasteiger partial charge is 0.258 e. The Hall–Kier alpha value is -3.85. The Balaban J connectivity index is 1.38. The van der Waals surface area contributed by atoms with E-state index in [4.69, 9.17) is 5.73 Å². The molecule has 3 aromatic heterocycles. The molecule has 0 saturated carbocycles. The summed E-state index contributed by atoms with van der Waals surface area (Å²) in [5.74, 6) is 0.705. The van der Waals surface area contributed by atoms with Crippen LogP contribution in [0.2, 0.25) is 0 Å². The van der Waals surface area contributed by atoms with Gasteiger partial charge in [0.1, 0.15) is 5.82 Å². The molecule has 150 valence electrons. The number of carbonyl (C=O) groups is 1. The van der Waals surface area contributed by atoms with Crippen LogP contribution in [0.3, 0.4) is 0 Å². The van der Waals surface area contributed by atoms with E-state index in [0.717, 1.165) is 40.9 Å². The van der Waals surface area contributed by atoms with Gasteiger partial charge >= 0.3 is 0 Å². The average Bonchev–Trinajstić information content (AvgIpc) is 3.17. The predicted molar refractivity (Wildman–Crippen MR) is 114 cm³/mol. The van der Waals surface area contributed by atoms with E-state index < -0.39 is 0 Å². The molecule has 0 aliphatic carbocycles. The highest BCUT2D eigenvalue weighted by molar-refractivity contribution is 6.04. The van der Waals surface area contributed by atoms with Crippen LogP contribution in [0.5, 0.6) is 0 Å². The number of amides is 1. The van der Waals surface area contributed by atoms with Crippen molar-refractivity contribution in [1.29, 1.82) is 0 Å². The Morgan fingerprint density at radius 3 is 2.77 bits per heavy atom. The van der Waals surface area contributed by atoms with E-state index in [0.29, 0.717) is 5.56 Å². The van der Waals surface area contributed by atoms with Gasteiger partial charge in [-0.3, -0.25) is 14.8 Å². The SMILES string of the molecule is Cn1cc(-c2ccc3cnc(NC(=O)c4ccnc(N5CC(N)C5)c4)nc3c2)cn1. The van der Waals surface area contributed by atoms with Crippen LogP contribution in [0, 0.1) is 0 Å². The Kier molecular flexibility index (Phi) is 4.36. The molecule has 0 bridgehead atoms. The number of hydrogen-bond donors (Lipinski definition) is 2. The van der Waals surface area contributed by atoms with Crippen molar-refractivity contribution in [2.75, 3.05) is 23.3 Å². The molecule has 0 radical (unpaired) electrons. The number of nitrogens with two attached hydrogens (primary N) is 1. The molecule has 1 amide bonds. The van der Waals surface area contributed by atoms with Crippen LogP contribution in [0.4, 0.5) is 11.8 Å². The molecule has 1 fully saturated rings. The Labute approximate surface area is 172 Å². The van der Waals surface area contributed by atoms with Gasteiger partial charge in [-0.1, -0.05) is 12.1 Å². The molecule has 3 N–H and O–H groups in total. The fraction of sp³-hybridized carbons (Fsp3) is 0.190. The van der Waals surface area contributed by atoms with Crippen molar-refractivity contribution in [3.8, 4) is 11.1 Å². The molecule has 1 aliphatic heterocycles. The molecule has 4 heterocycles. The van der Waals surface area contributed by atoms with Crippen LogP contribution in [0.25, 0.3) is 22.0 Å². The maximum Gasteiger partial charge on any atom is 0.258 e. The van der Waals surface area contributed by atoms with Crippen LogP contribution in [-0.2, 0) is 7.05 Å². The monoisotopic (exact) mass is 400 g/mol. The summed E-state index contributed by atoms with van der Waals surface area (Å²) >= 11 is 0. The summed E-state index contributed by atoms with van der Waals surface area (Å²) in [5, 5.41) is 7.87. The number of aromatic nitrogens is 5. The number of benzene rings is 1. The first-order chi connectivity index (χ1) is 14.5. The number of fused-ring (bicyclic) bond motifs is 1. The minimum absolute atomic E-state index is 0.159. The summed E-state index contributed by atoms with van der Waals surface area (Å²) in [6.45, 7) is 1.48. The predicted octanol–water partition coefficient (Wildman–Crippen LogP) is 1.82. The lowest BCUT2D eigenvalue weighted by Gasteiger charge is -2.37. The van der Waals surface area contributed by atoms with E-state index in [1.54, 1.807) is 35.4 Å². The fourth-order valence-electron chi connectivity index (χ4n) is 3.44. The third-order valence-electron chi connectivity index (χ3n) is 5.09. The zero-order valence-corrected chi connectivity index (χ0v) is 16.4. The normalized spacial score (nSPS) is 14.0. The van der Waals surface area contributed by atoms with Gasteiger partial charge in [-0.05, 0) is 23.8 Å². The van der Waals surface area contributed by atoms with Gasteiger partial charge in [-0.2, -0.15) is 5.10 Å². The van der Waals surface area contributed by atoms with Gasteiger partial charge in [0, 0.05) is 61.3 Å². The maximum atomic E-state index is 12.7. The van der Waals surface area contributed by atoms with Crippen molar-refractivity contribution in [2.24, 2.45) is 12.8 Å². The first-order valence-electron chi connectivity index (χ1n) is 9.59. The Bertz CT molecular complexity index is 1240. The third-order valence-corrected chi connectivity index (χ3v) is 5.09. The number of anilines is 2. The summed E-state index contributed by atoms with van der Waals surface area (Å²) in [6, 6.07) is 9.49. The standard InChI is InChI=1S/C21H20N8O/c1-28-10-16(9-25-28)13-2-3-15-8-24-21(26-18(15)6-13)27-20(30)14-4-5-23-19(7-14)29-11-17(22)12-29/h2-10,17H,11-12,22H2,1H3,(H,24,26,27,30). The minimum atomic E-state index is -0.286. The molecule has 1 aromatic carbocycles. The topological polar surface area (TPSA) is 115 Å². The highest BCUT2D eigenvalue weighted by atomic mass is 16.1. The van der Waals surface area contributed by atoms with E-state index in [1.165, 1.54) is 0 Å². The molecule has 0 atom stereocenters. The van der Waals surface area contributed by atoms with Crippen molar-refractivity contribution in [3.63, 3.8) is 0 Å². The number of rotatable bonds is 4. The second-order valence-corrected chi connectivity index (χ2v) is 7.39. The van der Waals surface area contributed by atoms with Crippen LogP contribution in [0.1, 0.15) is 10.4 Å². The number of hydrogen-bond acceptors (Lipinski definition) is 7. The first-order valence-corrected chi connectivity index (χ1v) is 9.59. The highest BCUT2D eigenvalue weighted by Crippen LogP contribution is 2.24. The summed E-state index contributed by atoms with van der Waals surface area (Å²) in [6.07, 6.45) is 7.06. The zero-order chi connectivity index (χ0) is 20.7. The van der Waals surface area contributed by atoms with E-state index in [1.807, 2.05) is 36.3 Å². The van der Waals surface area contributed by atoms with E-state index in [9.17, 15) is 4.79 Å². The highest BCUT2D eigenvalue weighted by Gasteiger charge is 2.24.